The van der Waals surface area contributed by atoms with Gasteiger partial charge in [0.05, 0.1) is 45.7 Å². The maximum Gasteiger partial charge on any atom is 0.416 e. The van der Waals surface area contributed by atoms with Crippen LogP contribution >= 0.6 is 0 Å². The number of nitrogens with zero attached hydrogens (tertiary/aromatic N) is 3. The highest BCUT2D eigenvalue weighted by molar-refractivity contribution is 7.90. The van der Waals surface area contributed by atoms with E-state index in [0.717, 1.165) is 6.07 Å². The predicted octanol–water partition coefficient (Wildman–Crippen LogP) is 4.32. The number of hydrogen-bond acceptors (Lipinski definition) is 5. The highest BCUT2D eigenvalue weighted by Crippen LogP contribution is 2.33. The molecule has 1 fully saturated rings. The van der Waals surface area contributed by atoms with Crippen LogP contribution in [0.15, 0.2) is 78.2 Å². The number of nitrogens with one attached hydrogen (secondary N) is 1. The lowest BCUT2D eigenvalue weighted by Gasteiger charge is -2.39. The number of amides is 2. The molecule has 1 aliphatic heterocycles. The Morgan fingerprint density at radius 1 is 1.05 bits per heavy atom. The van der Waals surface area contributed by atoms with Gasteiger partial charge in [-0.15, -0.1) is 0 Å². The van der Waals surface area contributed by atoms with Crippen molar-refractivity contribution in [3.63, 3.8) is 0 Å². The number of benzene rings is 2. The zero-order valence-electron chi connectivity index (χ0n) is 21.6. The molecule has 8 nitrogen and oxygen atoms in total. The topological polar surface area (TPSA) is 101 Å². The molecule has 214 valence electrons. The molecule has 4 aromatic rings. The van der Waals surface area contributed by atoms with Crippen LogP contribution in [0, 0.1) is 5.82 Å². The number of alkyl halides is 3. The Morgan fingerprint density at radius 3 is 2.54 bits per heavy atom. The third-order valence-electron chi connectivity index (χ3n) is 7.13. The first-order valence-electron chi connectivity index (χ1n) is 12.5. The molecule has 0 bridgehead atoms. The molecule has 0 unspecified atom stereocenters. The fraction of sp³-hybridized carbons (Fsp3) is 0.250. The lowest BCUT2D eigenvalue weighted by atomic mass is 9.84. The highest BCUT2D eigenvalue weighted by atomic mass is 32.2. The average molecular weight is 589 g/mol. The number of rotatable bonds is 5. The minimum Gasteiger partial charge on any atom is -0.347 e. The monoisotopic (exact) mass is 588 g/mol. The molecule has 0 aliphatic carbocycles. The molecule has 1 aliphatic rings. The van der Waals surface area contributed by atoms with Crippen LogP contribution in [0.2, 0.25) is 0 Å². The fourth-order valence-electron chi connectivity index (χ4n) is 5.16. The summed E-state index contributed by atoms with van der Waals surface area (Å²) >= 11 is 0. The van der Waals surface area contributed by atoms with E-state index >= 15 is 0 Å². The van der Waals surface area contributed by atoms with Gasteiger partial charge in [-0.2, -0.15) is 13.2 Å². The van der Waals surface area contributed by atoms with Crippen LogP contribution in [-0.4, -0.2) is 59.9 Å². The predicted molar refractivity (Wildman–Crippen MR) is 141 cm³/mol. The van der Waals surface area contributed by atoms with Gasteiger partial charge in [-0.25, -0.2) is 17.8 Å². The third kappa shape index (κ3) is 5.80. The van der Waals surface area contributed by atoms with Crippen LogP contribution in [-0.2, 0) is 16.0 Å². The second kappa shape index (κ2) is 10.6. The number of imidazole rings is 1. The number of aromatic nitrogens is 2. The first-order valence-corrected chi connectivity index (χ1v) is 14.4. The Balaban J connectivity index is 1.49. The van der Waals surface area contributed by atoms with E-state index in [2.05, 4.69) is 10.3 Å². The quantitative estimate of drug-likeness (QED) is 0.350. The van der Waals surface area contributed by atoms with E-state index in [0.29, 0.717) is 41.5 Å². The van der Waals surface area contributed by atoms with E-state index in [4.69, 9.17) is 0 Å². The zero-order chi connectivity index (χ0) is 29.5. The molecule has 41 heavy (non-hydrogen) atoms. The molecule has 0 saturated carbocycles. The van der Waals surface area contributed by atoms with Crippen molar-refractivity contribution in [1.29, 1.82) is 0 Å². The number of piperidine rings is 1. The van der Waals surface area contributed by atoms with E-state index in [1.807, 2.05) is 0 Å². The van der Waals surface area contributed by atoms with Crippen LogP contribution in [0.25, 0.3) is 5.52 Å². The van der Waals surface area contributed by atoms with Crippen molar-refractivity contribution in [2.24, 2.45) is 0 Å². The smallest absolute Gasteiger partial charge is 0.347 e. The summed E-state index contributed by atoms with van der Waals surface area (Å²) < 4.78 is 80.5. The standard InChI is InChI=1S/C28H24F4N4O4S/c1-41(39,40)25-13-18(28(30,31)32)7-8-22(25)26(37)34-23-15-35(11-9-20(23)17-4-2-5-19(29)12-17)27(38)21-6-3-10-36-16-33-14-24(21)36/h2-8,10,12-14,16,20,23H,9,11,15H2,1H3,(H,34,37)/t20-,23+/m0/s1. The van der Waals surface area contributed by atoms with Crippen molar-refractivity contribution < 1.29 is 35.6 Å². The summed E-state index contributed by atoms with van der Waals surface area (Å²) in [6.45, 7) is 0.256. The second-order valence-corrected chi connectivity index (χ2v) is 11.9. The Labute approximate surface area is 232 Å². The molecule has 2 atom stereocenters. The molecule has 3 heterocycles. The van der Waals surface area contributed by atoms with Crippen LogP contribution in [0.3, 0.4) is 0 Å². The van der Waals surface area contributed by atoms with Gasteiger partial charge in [0.15, 0.2) is 9.84 Å². The Kier molecular flexibility index (Phi) is 7.32. The SMILES string of the molecule is CS(=O)(=O)c1cc(C(F)(F)F)ccc1C(=O)N[C@@H]1CN(C(=O)c2cccn3cncc23)CC[C@H]1c1cccc(F)c1. The molecule has 1 N–H and O–H groups in total. The first kappa shape index (κ1) is 28.3. The van der Waals surface area contributed by atoms with Crippen LogP contribution < -0.4 is 5.32 Å². The van der Waals surface area contributed by atoms with Crippen molar-refractivity contribution in [1.82, 2.24) is 19.6 Å². The van der Waals surface area contributed by atoms with Gasteiger partial charge >= 0.3 is 6.18 Å². The minimum absolute atomic E-state index is 0.0181. The number of carbonyl (C=O) groups is 2. The van der Waals surface area contributed by atoms with Gasteiger partial charge in [-0.05, 0) is 54.4 Å². The van der Waals surface area contributed by atoms with Crippen molar-refractivity contribution >= 4 is 27.2 Å². The molecule has 2 aromatic heterocycles. The van der Waals surface area contributed by atoms with Gasteiger partial charge in [-0.1, -0.05) is 12.1 Å². The Morgan fingerprint density at radius 2 is 1.83 bits per heavy atom. The van der Waals surface area contributed by atoms with E-state index in [1.54, 1.807) is 41.3 Å². The lowest BCUT2D eigenvalue weighted by molar-refractivity contribution is -0.137. The number of fused-ring (bicyclic) bond motifs is 1. The maximum absolute atomic E-state index is 14.1. The number of likely N-dealkylation sites (tertiary alicyclic amines) is 1. The summed E-state index contributed by atoms with van der Waals surface area (Å²) in [7, 11) is -4.23. The third-order valence-corrected chi connectivity index (χ3v) is 8.27. The molecule has 2 aromatic carbocycles. The summed E-state index contributed by atoms with van der Waals surface area (Å²) in [6, 6.07) is 10.2. The number of pyridine rings is 1. The molecule has 2 amide bonds. The molecule has 0 radical (unpaired) electrons. The van der Waals surface area contributed by atoms with Gasteiger partial charge in [0.25, 0.3) is 11.8 Å². The summed E-state index contributed by atoms with van der Waals surface area (Å²) in [5.41, 5.74) is -0.174. The van der Waals surface area contributed by atoms with Crippen molar-refractivity contribution in [3.8, 4) is 0 Å². The van der Waals surface area contributed by atoms with Crippen molar-refractivity contribution in [2.75, 3.05) is 19.3 Å². The van der Waals surface area contributed by atoms with E-state index in [-0.39, 0.29) is 19.0 Å². The van der Waals surface area contributed by atoms with Crippen LogP contribution in [0.4, 0.5) is 17.6 Å². The summed E-state index contributed by atoms with van der Waals surface area (Å²) in [4.78, 5) is 31.8. The maximum atomic E-state index is 14.1. The van der Waals surface area contributed by atoms with E-state index in [1.165, 1.54) is 23.1 Å². The average Bonchev–Trinajstić information content (AvgIpc) is 3.40. The molecule has 13 heteroatoms. The van der Waals surface area contributed by atoms with Gasteiger partial charge in [0, 0.05) is 31.5 Å². The van der Waals surface area contributed by atoms with Crippen molar-refractivity contribution in [3.05, 3.63) is 101 Å². The summed E-state index contributed by atoms with van der Waals surface area (Å²) in [5.74, 6) is -2.24. The minimum atomic E-state index is -4.82. The van der Waals surface area contributed by atoms with Gasteiger partial charge in [0.2, 0.25) is 0 Å². The lowest BCUT2D eigenvalue weighted by Crippen LogP contribution is -2.53. The number of sulfone groups is 1. The first-order chi connectivity index (χ1) is 19.3. The van der Waals surface area contributed by atoms with Gasteiger partial charge in [-0.3, -0.25) is 9.59 Å². The molecule has 1 saturated heterocycles. The number of hydrogen-bond donors (Lipinski definition) is 1. The normalized spacial score (nSPS) is 17.9. The van der Waals surface area contributed by atoms with E-state index in [9.17, 15) is 35.6 Å². The molecular formula is C28H24F4N4O4S. The molecule has 0 spiro atoms. The number of carbonyl (C=O) groups excluding carboxylic acids is 2. The molecule has 5 rings (SSSR count). The van der Waals surface area contributed by atoms with Gasteiger partial charge < -0.3 is 14.6 Å². The fourth-order valence-corrected chi connectivity index (χ4v) is 6.06. The number of halogens is 4. The Hall–Kier alpha value is -4.26. The van der Waals surface area contributed by atoms with Crippen LogP contribution in [0.1, 0.15) is 44.2 Å². The van der Waals surface area contributed by atoms with Crippen molar-refractivity contribution in [2.45, 2.75) is 29.5 Å². The van der Waals surface area contributed by atoms with E-state index < -0.39 is 55.7 Å². The second-order valence-electron chi connectivity index (χ2n) is 9.87. The highest BCUT2D eigenvalue weighted by Gasteiger charge is 2.37. The summed E-state index contributed by atoms with van der Waals surface area (Å²) in [5, 5.41) is 2.72. The zero-order valence-corrected chi connectivity index (χ0v) is 22.4. The summed E-state index contributed by atoms with van der Waals surface area (Å²) in [6.07, 6.45) is 1.06. The van der Waals surface area contributed by atoms with Gasteiger partial charge in [0.1, 0.15) is 5.82 Å². The Bertz CT molecular complexity index is 1750. The van der Waals surface area contributed by atoms with Crippen LogP contribution in [0.5, 0.6) is 0 Å². The largest absolute Gasteiger partial charge is 0.416 e. The molecular weight excluding hydrogens is 564 g/mol.